The van der Waals surface area contributed by atoms with Crippen LogP contribution in [0.25, 0.3) is 0 Å². The minimum Gasteiger partial charge on any atom is -0.363 e. The summed E-state index contributed by atoms with van der Waals surface area (Å²) in [5, 5.41) is 14.4. The van der Waals surface area contributed by atoms with Gasteiger partial charge in [0.15, 0.2) is 5.78 Å². The van der Waals surface area contributed by atoms with Gasteiger partial charge in [-0.2, -0.15) is 13.2 Å². The Morgan fingerprint density at radius 2 is 1.66 bits per heavy atom. The largest absolute Gasteiger partial charge is 0.437 e. The van der Waals surface area contributed by atoms with Crippen LogP contribution in [0.1, 0.15) is 47.3 Å². The number of Topliss-reactive ketones (excluding diaryl/α,β-unsaturated/α-hetero) is 1. The zero-order valence-corrected chi connectivity index (χ0v) is 15.8. The molecule has 2 aromatic carbocycles. The third-order valence-corrected chi connectivity index (χ3v) is 5.11. The molecule has 5 nitrogen and oxygen atoms in total. The van der Waals surface area contributed by atoms with Crippen molar-refractivity contribution in [1.82, 2.24) is 10.6 Å². The summed E-state index contributed by atoms with van der Waals surface area (Å²) in [7, 11) is 0. The van der Waals surface area contributed by atoms with Gasteiger partial charge < -0.3 is 15.7 Å². The minimum absolute atomic E-state index is 0.00178. The Morgan fingerprint density at radius 1 is 1.07 bits per heavy atom. The summed E-state index contributed by atoms with van der Waals surface area (Å²) in [4.78, 5) is 25.1. The fraction of sp³-hybridized carbons (Fsp3) is 0.333. The van der Waals surface area contributed by atoms with Gasteiger partial charge >= 0.3 is 12.2 Å². The summed E-state index contributed by atoms with van der Waals surface area (Å²) in [6, 6.07) is 11.4. The summed E-state index contributed by atoms with van der Waals surface area (Å²) < 4.78 is 41.5. The van der Waals surface area contributed by atoms with E-state index < -0.39 is 35.7 Å². The smallest absolute Gasteiger partial charge is 0.363 e. The highest BCUT2D eigenvalue weighted by atomic mass is 19.4. The van der Waals surface area contributed by atoms with E-state index in [9.17, 15) is 27.9 Å². The van der Waals surface area contributed by atoms with Crippen molar-refractivity contribution in [2.24, 2.45) is 5.92 Å². The first-order chi connectivity index (χ1) is 13.5. The predicted molar refractivity (Wildman–Crippen MR) is 100 cm³/mol. The first kappa shape index (κ1) is 20.9. The maximum absolute atomic E-state index is 13.8. The van der Waals surface area contributed by atoms with Crippen LogP contribution in [0.2, 0.25) is 0 Å². The average Bonchev–Trinajstić information content (AvgIpc) is 2.67. The van der Waals surface area contributed by atoms with Crippen LogP contribution in [0.5, 0.6) is 0 Å². The van der Waals surface area contributed by atoms with Gasteiger partial charge in [0.05, 0.1) is 6.04 Å². The number of rotatable bonds is 4. The van der Waals surface area contributed by atoms with E-state index in [2.05, 4.69) is 5.32 Å². The number of amides is 2. The second kappa shape index (κ2) is 7.51. The van der Waals surface area contributed by atoms with E-state index >= 15 is 0 Å². The molecule has 0 spiro atoms. The number of carbonyl (C=O) groups is 2. The Hall–Kier alpha value is -2.87. The maximum Gasteiger partial charge on any atom is 0.437 e. The number of halogens is 3. The molecule has 0 aromatic heterocycles. The molecular weight excluding hydrogens is 385 g/mol. The van der Waals surface area contributed by atoms with Gasteiger partial charge in [-0.05, 0) is 17.0 Å². The monoisotopic (exact) mass is 406 g/mol. The summed E-state index contributed by atoms with van der Waals surface area (Å²) >= 11 is 0. The van der Waals surface area contributed by atoms with Crippen molar-refractivity contribution >= 4 is 11.8 Å². The van der Waals surface area contributed by atoms with Crippen molar-refractivity contribution in [2.75, 3.05) is 0 Å². The molecule has 0 unspecified atom stereocenters. The molecule has 0 aliphatic carbocycles. The molecule has 0 saturated carbocycles. The molecule has 29 heavy (non-hydrogen) atoms. The zero-order valence-electron chi connectivity index (χ0n) is 15.8. The fourth-order valence-electron chi connectivity index (χ4n) is 3.49. The number of hydrogen-bond acceptors (Lipinski definition) is 3. The fourth-order valence-corrected chi connectivity index (χ4v) is 3.49. The Kier molecular flexibility index (Phi) is 5.40. The van der Waals surface area contributed by atoms with E-state index in [0.717, 1.165) is 5.56 Å². The van der Waals surface area contributed by atoms with Gasteiger partial charge in [-0.15, -0.1) is 0 Å². The number of nitrogens with one attached hydrogen (secondary N) is 2. The molecule has 3 rings (SSSR count). The maximum atomic E-state index is 13.8. The van der Waals surface area contributed by atoms with E-state index in [-0.39, 0.29) is 11.5 Å². The van der Waals surface area contributed by atoms with Gasteiger partial charge in [-0.1, -0.05) is 68.4 Å². The average molecular weight is 406 g/mol. The standard InChI is InChI=1S/C21H21F3N2O3/c1-12(2)13-8-10-14(11-9-13)17-16(18(27)15-6-4-3-5-7-15)20(29,21(22,23)24)26-19(28)25-17/h3-12,16-17,29H,1-2H3,(H2,25,26,28)/t16-,17+,20-/m1/s1. The number of carbonyl (C=O) groups excluding carboxylic acids is 2. The Morgan fingerprint density at radius 3 is 2.17 bits per heavy atom. The summed E-state index contributed by atoms with van der Waals surface area (Å²) in [6.45, 7) is 3.93. The van der Waals surface area contributed by atoms with Crippen LogP contribution in [-0.4, -0.2) is 28.8 Å². The molecular formula is C21H21F3N2O3. The van der Waals surface area contributed by atoms with Crippen molar-refractivity contribution in [1.29, 1.82) is 0 Å². The molecule has 154 valence electrons. The van der Waals surface area contributed by atoms with E-state index in [1.807, 2.05) is 13.8 Å². The summed E-state index contributed by atoms with van der Waals surface area (Å²) in [5.74, 6) is -2.76. The van der Waals surface area contributed by atoms with Crippen LogP contribution in [-0.2, 0) is 0 Å². The second-order valence-corrected chi connectivity index (χ2v) is 7.37. The van der Waals surface area contributed by atoms with Gasteiger partial charge in [0.1, 0.15) is 5.92 Å². The lowest BCUT2D eigenvalue weighted by molar-refractivity contribution is -0.287. The molecule has 0 bridgehead atoms. The number of alkyl halides is 3. The number of hydrogen-bond donors (Lipinski definition) is 3. The molecule has 2 aromatic rings. The van der Waals surface area contributed by atoms with Crippen LogP contribution < -0.4 is 10.6 Å². The van der Waals surface area contributed by atoms with Crippen LogP contribution in [0.3, 0.4) is 0 Å². The predicted octanol–water partition coefficient (Wildman–Crippen LogP) is 3.91. The highest BCUT2D eigenvalue weighted by Gasteiger charge is 2.66. The highest BCUT2D eigenvalue weighted by Crippen LogP contribution is 2.44. The summed E-state index contributed by atoms with van der Waals surface area (Å²) in [6.07, 6.45) is -5.27. The van der Waals surface area contributed by atoms with E-state index in [1.165, 1.54) is 29.6 Å². The molecule has 3 atom stereocenters. The SMILES string of the molecule is CC(C)c1ccc([C@@H]2NC(=O)N[C@](O)(C(F)(F)F)[C@H]2C(=O)c2ccccc2)cc1. The molecule has 2 amide bonds. The Bertz CT molecular complexity index is 898. The lowest BCUT2D eigenvalue weighted by Crippen LogP contribution is -2.72. The first-order valence-corrected chi connectivity index (χ1v) is 9.11. The molecule has 1 aliphatic rings. The van der Waals surface area contributed by atoms with Crippen LogP contribution in [0, 0.1) is 5.92 Å². The lowest BCUT2D eigenvalue weighted by Gasteiger charge is -2.45. The lowest BCUT2D eigenvalue weighted by atomic mass is 9.77. The highest BCUT2D eigenvalue weighted by molar-refractivity contribution is 6.00. The quantitative estimate of drug-likeness (QED) is 0.674. The van der Waals surface area contributed by atoms with Crippen LogP contribution in [0.15, 0.2) is 54.6 Å². The van der Waals surface area contributed by atoms with Crippen molar-refractivity contribution < 1.29 is 27.9 Å². The molecule has 1 heterocycles. The van der Waals surface area contributed by atoms with E-state index in [4.69, 9.17) is 0 Å². The van der Waals surface area contributed by atoms with Gasteiger partial charge in [0.2, 0.25) is 5.72 Å². The molecule has 8 heteroatoms. The molecule has 3 N–H and O–H groups in total. The molecule has 1 saturated heterocycles. The third kappa shape index (κ3) is 3.85. The Labute approximate surface area is 165 Å². The zero-order chi connectivity index (χ0) is 21.4. The van der Waals surface area contributed by atoms with Crippen molar-refractivity contribution in [3.63, 3.8) is 0 Å². The van der Waals surface area contributed by atoms with Gasteiger partial charge in [-0.3, -0.25) is 4.79 Å². The topological polar surface area (TPSA) is 78.4 Å². The Balaban J connectivity index is 2.13. The van der Waals surface area contributed by atoms with Crippen molar-refractivity contribution in [3.05, 3.63) is 71.3 Å². The number of urea groups is 1. The molecule has 1 fully saturated rings. The molecule has 0 radical (unpaired) electrons. The van der Waals surface area contributed by atoms with Gasteiger partial charge in [0, 0.05) is 5.56 Å². The normalized spacial score (nSPS) is 24.7. The van der Waals surface area contributed by atoms with E-state index in [1.54, 1.807) is 30.3 Å². The van der Waals surface area contributed by atoms with Gasteiger partial charge in [0.25, 0.3) is 0 Å². The third-order valence-electron chi connectivity index (χ3n) is 5.11. The number of ketones is 1. The van der Waals surface area contributed by atoms with E-state index in [0.29, 0.717) is 5.56 Å². The number of benzene rings is 2. The molecule has 1 aliphatic heterocycles. The van der Waals surface area contributed by atoms with Crippen LogP contribution >= 0.6 is 0 Å². The second-order valence-electron chi connectivity index (χ2n) is 7.37. The first-order valence-electron chi connectivity index (χ1n) is 9.11. The van der Waals surface area contributed by atoms with Crippen LogP contribution in [0.4, 0.5) is 18.0 Å². The van der Waals surface area contributed by atoms with Crippen molar-refractivity contribution in [2.45, 2.75) is 37.7 Å². The van der Waals surface area contributed by atoms with Gasteiger partial charge in [-0.25, -0.2) is 4.79 Å². The summed E-state index contributed by atoms with van der Waals surface area (Å²) in [5.41, 5.74) is -2.47. The minimum atomic E-state index is -5.27. The number of aliphatic hydroxyl groups is 1. The van der Waals surface area contributed by atoms with Crippen molar-refractivity contribution in [3.8, 4) is 0 Å².